The summed E-state index contributed by atoms with van der Waals surface area (Å²) in [6.45, 7) is 5.11. The highest BCUT2D eigenvalue weighted by Gasteiger charge is 2.48. The van der Waals surface area contributed by atoms with E-state index in [4.69, 9.17) is 4.74 Å². The molecule has 0 bridgehead atoms. The number of aromatic nitrogens is 2. The van der Waals surface area contributed by atoms with E-state index in [0.29, 0.717) is 49.9 Å². The third-order valence-corrected chi connectivity index (χ3v) is 6.08. The Kier molecular flexibility index (Phi) is 5.26. The van der Waals surface area contributed by atoms with E-state index >= 15 is 0 Å². The maximum atomic E-state index is 13.9. The molecule has 0 aliphatic carbocycles. The van der Waals surface area contributed by atoms with Crippen LogP contribution in [0.4, 0.5) is 10.3 Å². The zero-order valence-electron chi connectivity index (χ0n) is 16.0. The molecule has 1 aromatic heterocycles. The molecule has 1 N–H and O–H groups in total. The van der Waals surface area contributed by atoms with Gasteiger partial charge in [-0.1, -0.05) is 6.07 Å². The standard InChI is InChI=1S/C21H25FN4O2/c1-15-3-4-16(11-18(15)22)19(27)26-13-17(12-25-20-23-7-2-8-24-20)21(14-26)5-9-28-10-6-21/h2-4,7-8,11,17H,5-6,9-10,12-14H2,1H3,(H,23,24,25). The summed E-state index contributed by atoms with van der Waals surface area (Å²) in [5.41, 5.74) is 0.966. The number of nitrogens with one attached hydrogen (secondary N) is 1. The average molecular weight is 384 g/mol. The molecule has 2 aliphatic rings. The summed E-state index contributed by atoms with van der Waals surface area (Å²) < 4.78 is 19.5. The van der Waals surface area contributed by atoms with Gasteiger partial charge in [0.1, 0.15) is 5.82 Å². The van der Waals surface area contributed by atoms with Crippen molar-refractivity contribution in [1.82, 2.24) is 14.9 Å². The van der Waals surface area contributed by atoms with Crippen LogP contribution < -0.4 is 5.32 Å². The highest BCUT2D eigenvalue weighted by molar-refractivity contribution is 5.94. The highest BCUT2D eigenvalue weighted by atomic mass is 19.1. The second kappa shape index (κ2) is 7.83. The number of amides is 1. The van der Waals surface area contributed by atoms with Gasteiger partial charge in [0.2, 0.25) is 5.95 Å². The van der Waals surface area contributed by atoms with Crippen LogP contribution >= 0.6 is 0 Å². The Hall–Kier alpha value is -2.54. The van der Waals surface area contributed by atoms with Crippen molar-refractivity contribution in [2.75, 3.05) is 38.2 Å². The molecule has 1 aromatic carbocycles. The number of halogens is 1. The molecule has 3 heterocycles. The topological polar surface area (TPSA) is 67.4 Å². The molecule has 1 atom stereocenters. The zero-order chi connectivity index (χ0) is 19.6. The van der Waals surface area contributed by atoms with Crippen LogP contribution in [0.1, 0.15) is 28.8 Å². The fourth-order valence-corrected chi connectivity index (χ4v) is 4.33. The second-order valence-corrected chi connectivity index (χ2v) is 7.77. The molecular formula is C21H25FN4O2. The van der Waals surface area contributed by atoms with E-state index in [0.717, 1.165) is 12.8 Å². The fraction of sp³-hybridized carbons (Fsp3) is 0.476. The first-order valence-electron chi connectivity index (χ1n) is 9.71. The predicted octanol–water partition coefficient (Wildman–Crippen LogP) is 2.91. The molecule has 0 radical (unpaired) electrons. The Labute approximate surface area is 164 Å². The van der Waals surface area contributed by atoms with Crippen molar-refractivity contribution in [3.8, 4) is 0 Å². The molecule has 6 nitrogen and oxygen atoms in total. The Bertz CT molecular complexity index is 840. The van der Waals surface area contributed by atoms with Crippen molar-refractivity contribution in [1.29, 1.82) is 0 Å². The molecular weight excluding hydrogens is 359 g/mol. The number of likely N-dealkylation sites (tertiary alicyclic amines) is 1. The number of ether oxygens (including phenoxy) is 1. The van der Waals surface area contributed by atoms with E-state index in [2.05, 4.69) is 15.3 Å². The first-order valence-corrected chi connectivity index (χ1v) is 9.71. The molecule has 2 aliphatic heterocycles. The van der Waals surface area contributed by atoms with Gasteiger partial charge in [-0.25, -0.2) is 14.4 Å². The first-order chi connectivity index (χ1) is 13.6. The van der Waals surface area contributed by atoms with Crippen LogP contribution in [-0.4, -0.2) is 53.6 Å². The van der Waals surface area contributed by atoms with Gasteiger partial charge in [0.25, 0.3) is 5.91 Å². The SMILES string of the molecule is Cc1ccc(C(=O)N2CC(CNc3ncccn3)C3(CCOCC3)C2)cc1F. The van der Waals surface area contributed by atoms with Crippen molar-refractivity contribution >= 4 is 11.9 Å². The van der Waals surface area contributed by atoms with Crippen molar-refractivity contribution < 1.29 is 13.9 Å². The van der Waals surface area contributed by atoms with Crippen LogP contribution in [0.25, 0.3) is 0 Å². The summed E-state index contributed by atoms with van der Waals surface area (Å²) >= 11 is 0. The molecule has 148 valence electrons. The van der Waals surface area contributed by atoms with E-state index in [1.54, 1.807) is 37.5 Å². The minimum atomic E-state index is -0.342. The molecule has 2 aromatic rings. The summed E-state index contributed by atoms with van der Waals surface area (Å²) in [5, 5.41) is 3.31. The largest absolute Gasteiger partial charge is 0.381 e. The lowest BCUT2D eigenvalue weighted by Crippen LogP contribution is -2.39. The van der Waals surface area contributed by atoms with E-state index in [9.17, 15) is 9.18 Å². The van der Waals surface area contributed by atoms with Crippen molar-refractivity contribution in [3.63, 3.8) is 0 Å². The average Bonchev–Trinajstić information content (AvgIpc) is 3.07. The highest BCUT2D eigenvalue weighted by Crippen LogP contribution is 2.44. The number of rotatable bonds is 4. The molecule has 4 rings (SSSR count). The smallest absolute Gasteiger partial charge is 0.253 e. The summed E-state index contributed by atoms with van der Waals surface area (Å²) in [7, 11) is 0. The van der Waals surface area contributed by atoms with Gasteiger partial charge in [0, 0.05) is 56.7 Å². The fourth-order valence-electron chi connectivity index (χ4n) is 4.33. The van der Waals surface area contributed by atoms with Gasteiger partial charge >= 0.3 is 0 Å². The van der Waals surface area contributed by atoms with Gasteiger partial charge in [-0.2, -0.15) is 0 Å². The van der Waals surface area contributed by atoms with Gasteiger partial charge in [-0.05, 0) is 48.9 Å². The van der Waals surface area contributed by atoms with E-state index in [-0.39, 0.29) is 23.1 Å². The van der Waals surface area contributed by atoms with Crippen LogP contribution in [0.15, 0.2) is 36.7 Å². The number of carbonyl (C=O) groups is 1. The lowest BCUT2D eigenvalue weighted by Gasteiger charge is -2.38. The van der Waals surface area contributed by atoms with Crippen LogP contribution in [0.3, 0.4) is 0 Å². The summed E-state index contributed by atoms with van der Waals surface area (Å²) in [6, 6.07) is 6.49. The van der Waals surface area contributed by atoms with Crippen LogP contribution in [0, 0.1) is 24.1 Å². The minimum Gasteiger partial charge on any atom is -0.381 e. The van der Waals surface area contributed by atoms with Crippen LogP contribution in [-0.2, 0) is 4.74 Å². The number of aryl methyl sites for hydroxylation is 1. The number of benzene rings is 1. The van der Waals surface area contributed by atoms with Crippen LogP contribution in [0.5, 0.6) is 0 Å². The number of anilines is 1. The third-order valence-electron chi connectivity index (χ3n) is 6.08. The van der Waals surface area contributed by atoms with Gasteiger partial charge in [-0.15, -0.1) is 0 Å². The van der Waals surface area contributed by atoms with Crippen LogP contribution in [0.2, 0.25) is 0 Å². The molecule has 2 fully saturated rings. The Balaban J connectivity index is 1.52. The van der Waals surface area contributed by atoms with Gasteiger partial charge in [-0.3, -0.25) is 4.79 Å². The number of nitrogens with zero attached hydrogens (tertiary/aromatic N) is 3. The molecule has 0 saturated carbocycles. The molecule has 2 saturated heterocycles. The number of hydrogen-bond donors (Lipinski definition) is 1. The molecule has 1 spiro atoms. The maximum Gasteiger partial charge on any atom is 0.253 e. The monoisotopic (exact) mass is 384 g/mol. The Morgan fingerprint density at radius 2 is 2.07 bits per heavy atom. The summed E-state index contributed by atoms with van der Waals surface area (Å²) in [4.78, 5) is 23.4. The lowest BCUT2D eigenvalue weighted by atomic mass is 9.72. The number of hydrogen-bond acceptors (Lipinski definition) is 5. The van der Waals surface area contributed by atoms with E-state index in [1.807, 2.05) is 4.90 Å². The quantitative estimate of drug-likeness (QED) is 0.878. The summed E-state index contributed by atoms with van der Waals surface area (Å²) in [6.07, 6.45) is 5.24. The minimum absolute atomic E-state index is 0.0128. The normalized spacial score (nSPS) is 21.1. The number of carbonyl (C=O) groups excluding carboxylic acids is 1. The Morgan fingerprint density at radius 3 is 2.79 bits per heavy atom. The van der Waals surface area contributed by atoms with Crippen molar-refractivity contribution in [2.45, 2.75) is 19.8 Å². The van der Waals surface area contributed by atoms with Gasteiger partial charge in [0.15, 0.2) is 0 Å². The maximum absolute atomic E-state index is 13.9. The Morgan fingerprint density at radius 1 is 1.32 bits per heavy atom. The van der Waals surface area contributed by atoms with Crippen molar-refractivity contribution in [3.05, 3.63) is 53.6 Å². The second-order valence-electron chi connectivity index (χ2n) is 7.77. The van der Waals surface area contributed by atoms with E-state index in [1.165, 1.54) is 6.07 Å². The predicted molar refractivity (Wildman–Crippen MR) is 104 cm³/mol. The van der Waals surface area contributed by atoms with Gasteiger partial charge < -0.3 is 15.0 Å². The molecule has 1 unspecified atom stereocenters. The third kappa shape index (κ3) is 3.71. The first kappa shape index (κ1) is 18.8. The summed E-state index contributed by atoms with van der Waals surface area (Å²) in [5.74, 6) is 0.406. The zero-order valence-corrected chi connectivity index (χ0v) is 16.0. The molecule has 28 heavy (non-hydrogen) atoms. The van der Waals surface area contributed by atoms with Gasteiger partial charge in [0.05, 0.1) is 0 Å². The lowest BCUT2D eigenvalue weighted by molar-refractivity contribution is 0.00205. The van der Waals surface area contributed by atoms with E-state index < -0.39 is 0 Å². The molecule has 7 heteroatoms. The molecule has 1 amide bonds. The van der Waals surface area contributed by atoms with Crippen molar-refractivity contribution in [2.24, 2.45) is 11.3 Å².